The van der Waals surface area contributed by atoms with E-state index in [2.05, 4.69) is 52.9 Å². The molecule has 1 fully saturated rings. The number of morpholine rings is 1. The molecule has 3 aromatic rings. The van der Waals surface area contributed by atoms with E-state index in [9.17, 15) is 0 Å². The molecule has 2 aromatic heterocycles. The number of benzene rings is 1. The number of hydrogen-bond acceptors (Lipinski definition) is 5. The van der Waals surface area contributed by atoms with Gasteiger partial charge >= 0.3 is 0 Å². The number of aromatic nitrogens is 3. The SMILES string of the molecule is Cc1ccc2c(c1)CCCN2c1nc(N2CCOCC2)nc2[nH]c(C)cc12. The van der Waals surface area contributed by atoms with Crippen molar-refractivity contribution in [3.63, 3.8) is 0 Å². The first-order valence-corrected chi connectivity index (χ1v) is 9.76. The third-order valence-electron chi connectivity index (χ3n) is 5.49. The molecule has 1 N–H and O–H groups in total. The maximum absolute atomic E-state index is 5.50. The minimum Gasteiger partial charge on any atom is -0.378 e. The molecule has 6 heteroatoms. The second-order valence-electron chi connectivity index (χ2n) is 7.55. The summed E-state index contributed by atoms with van der Waals surface area (Å²) in [5, 5.41) is 1.10. The molecule has 0 saturated carbocycles. The van der Waals surface area contributed by atoms with Gasteiger partial charge in [0.2, 0.25) is 5.95 Å². The van der Waals surface area contributed by atoms with Gasteiger partial charge < -0.3 is 19.5 Å². The van der Waals surface area contributed by atoms with Gasteiger partial charge in [0.25, 0.3) is 0 Å². The first-order valence-electron chi connectivity index (χ1n) is 9.76. The van der Waals surface area contributed by atoms with Crippen LogP contribution in [-0.4, -0.2) is 47.8 Å². The van der Waals surface area contributed by atoms with Crippen LogP contribution in [0.15, 0.2) is 24.3 Å². The summed E-state index contributed by atoms with van der Waals surface area (Å²) in [6.45, 7) is 8.34. The molecular formula is C21H25N5O. The standard InChI is InChI=1S/C21H25N5O/c1-14-5-6-18-16(12-14)4-3-7-26(18)20-17-13-15(2)22-19(17)23-21(24-20)25-8-10-27-11-9-25/h5-6,12-13H,3-4,7-11H2,1-2H3,(H,22,23,24). The van der Waals surface area contributed by atoms with Crippen LogP contribution in [0.5, 0.6) is 0 Å². The predicted octanol–water partition coefficient (Wildman–Crippen LogP) is 3.50. The van der Waals surface area contributed by atoms with Crippen LogP contribution in [0.25, 0.3) is 11.0 Å². The zero-order valence-electron chi connectivity index (χ0n) is 16.0. The molecule has 1 aromatic carbocycles. The Morgan fingerprint density at radius 3 is 2.74 bits per heavy atom. The first kappa shape index (κ1) is 16.6. The Morgan fingerprint density at radius 2 is 1.89 bits per heavy atom. The van der Waals surface area contributed by atoms with E-state index in [1.165, 1.54) is 16.8 Å². The van der Waals surface area contributed by atoms with Gasteiger partial charge in [-0.15, -0.1) is 0 Å². The maximum Gasteiger partial charge on any atom is 0.229 e. The van der Waals surface area contributed by atoms with Crippen molar-refractivity contribution in [2.24, 2.45) is 0 Å². The zero-order valence-corrected chi connectivity index (χ0v) is 16.0. The molecule has 0 atom stereocenters. The summed E-state index contributed by atoms with van der Waals surface area (Å²) in [6, 6.07) is 8.91. The number of ether oxygens (including phenoxy) is 1. The maximum atomic E-state index is 5.50. The number of fused-ring (bicyclic) bond motifs is 2. The minimum absolute atomic E-state index is 0.728. The number of hydrogen-bond donors (Lipinski definition) is 1. The third kappa shape index (κ3) is 2.94. The number of H-pyrrole nitrogens is 1. The fourth-order valence-electron chi connectivity index (χ4n) is 4.17. The van der Waals surface area contributed by atoms with E-state index in [0.29, 0.717) is 0 Å². The fraction of sp³-hybridized carbons (Fsp3) is 0.429. The van der Waals surface area contributed by atoms with E-state index in [1.807, 2.05) is 0 Å². The normalized spacial score (nSPS) is 17.4. The Bertz CT molecular complexity index is 990. The smallest absolute Gasteiger partial charge is 0.229 e. The van der Waals surface area contributed by atoms with Crippen molar-refractivity contribution in [2.45, 2.75) is 26.7 Å². The number of nitrogens with zero attached hydrogens (tertiary/aromatic N) is 4. The monoisotopic (exact) mass is 363 g/mol. The summed E-state index contributed by atoms with van der Waals surface area (Å²) in [5.41, 5.74) is 6.03. The summed E-state index contributed by atoms with van der Waals surface area (Å²) in [7, 11) is 0. The largest absolute Gasteiger partial charge is 0.378 e. The van der Waals surface area contributed by atoms with E-state index >= 15 is 0 Å². The van der Waals surface area contributed by atoms with Crippen molar-refractivity contribution in [3.8, 4) is 0 Å². The lowest BCUT2D eigenvalue weighted by molar-refractivity contribution is 0.122. The van der Waals surface area contributed by atoms with E-state index in [0.717, 1.165) is 74.2 Å². The highest BCUT2D eigenvalue weighted by Gasteiger charge is 2.24. The molecule has 140 valence electrons. The molecule has 1 saturated heterocycles. The van der Waals surface area contributed by atoms with Crippen molar-refractivity contribution >= 4 is 28.5 Å². The lowest BCUT2D eigenvalue weighted by atomic mass is 9.99. The van der Waals surface area contributed by atoms with Crippen molar-refractivity contribution < 1.29 is 4.74 Å². The number of anilines is 3. The highest BCUT2D eigenvalue weighted by atomic mass is 16.5. The van der Waals surface area contributed by atoms with Crippen LogP contribution in [0.3, 0.4) is 0 Å². The van der Waals surface area contributed by atoms with Crippen LogP contribution in [0.1, 0.15) is 23.2 Å². The second-order valence-corrected chi connectivity index (χ2v) is 7.55. The van der Waals surface area contributed by atoms with E-state index in [1.54, 1.807) is 0 Å². The third-order valence-corrected chi connectivity index (χ3v) is 5.49. The van der Waals surface area contributed by atoms with Crippen molar-refractivity contribution in [1.29, 1.82) is 0 Å². The van der Waals surface area contributed by atoms with Crippen LogP contribution in [0, 0.1) is 13.8 Å². The molecule has 2 aliphatic rings. The molecule has 5 rings (SSSR count). The van der Waals surface area contributed by atoms with Gasteiger partial charge in [0.05, 0.1) is 18.6 Å². The van der Waals surface area contributed by atoms with Gasteiger partial charge in [-0.2, -0.15) is 9.97 Å². The molecule has 0 bridgehead atoms. The molecule has 0 unspecified atom stereocenters. The molecular weight excluding hydrogens is 338 g/mol. The molecule has 0 aliphatic carbocycles. The highest BCUT2D eigenvalue weighted by Crippen LogP contribution is 2.37. The summed E-state index contributed by atoms with van der Waals surface area (Å²) in [6.07, 6.45) is 2.27. The van der Waals surface area contributed by atoms with Crippen LogP contribution < -0.4 is 9.80 Å². The average molecular weight is 363 g/mol. The Labute approximate surface area is 159 Å². The Balaban J connectivity index is 1.66. The van der Waals surface area contributed by atoms with Gasteiger partial charge in [0, 0.05) is 31.0 Å². The molecule has 2 aliphatic heterocycles. The van der Waals surface area contributed by atoms with Crippen molar-refractivity contribution in [2.75, 3.05) is 42.6 Å². The van der Waals surface area contributed by atoms with Crippen LogP contribution in [0.2, 0.25) is 0 Å². The van der Waals surface area contributed by atoms with Crippen molar-refractivity contribution in [3.05, 3.63) is 41.1 Å². The number of aromatic amines is 1. The van der Waals surface area contributed by atoms with Gasteiger partial charge in [-0.25, -0.2) is 0 Å². The highest BCUT2D eigenvalue weighted by molar-refractivity contribution is 5.92. The van der Waals surface area contributed by atoms with Gasteiger partial charge in [-0.1, -0.05) is 17.7 Å². The zero-order chi connectivity index (χ0) is 18.4. The first-order chi connectivity index (χ1) is 13.2. The Morgan fingerprint density at radius 1 is 1.04 bits per heavy atom. The Kier molecular flexibility index (Phi) is 4.01. The summed E-state index contributed by atoms with van der Waals surface area (Å²) in [5.74, 6) is 1.80. The second kappa shape index (κ2) is 6.53. The molecule has 27 heavy (non-hydrogen) atoms. The topological polar surface area (TPSA) is 57.3 Å². The van der Waals surface area contributed by atoms with Gasteiger partial charge in [-0.3, -0.25) is 0 Å². The predicted molar refractivity (Wildman–Crippen MR) is 108 cm³/mol. The molecule has 6 nitrogen and oxygen atoms in total. The van der Waals surface area contributed by atoms with Crippen molar-refractivity contribution in [1.82, 2.24) is 15.0 Å². The Hall–Kier alpha value is -2.60. The average Bonchev–Trinajstić information content (AvgIpc) is 3.07. The lowest BCUT2D eigenvalue weighted by Crippen LogP contribution is -2.37. The molecule has 0 radical (unpaired) electrons. The van der Waals surface area contributed by atoms with E-state index in [-0.39, 0.29) is 0 Å². The van der Waals surface area contributed by atoms with Crippen LogP contribution >= 0.6 is 0 Å². The van der Waals surface area contributed by atoms with Crippen LogP contribution in [-0.2, 0) is 11.2 Å². The van der Waals surface area contributed by atoms with Gasteiger partial charge in [-0.05, 0) is 44.4 Å². The summed E-state index contributed by atoms with van der Waals surface area (Å²) in [4.78, 5) is 17.9. The summed E-state index contributed by atoms with van der Waals surface area (Å²) < 4.78 is 5.50. The number of rotatable bonds is 2. The summed E-state index contributed by atoms with van der Waals surface area (Å²) >= 11 is 0. The lowest BCUT2D eigenvalue weighted by Gasteiger charge is -2.32. The molecule has 0 spiro atoms. The van der Waals surface area contributed by atoms with Crippen LogP contribution in [0.4, 0.5) is 17.5 Å². The van der Waals surface area contributed by atoms with E-state index < -0.39 is 0 Å². The minimum atomic E-state index is 0.728. The quantitative estimate of drug-likeness (QED) is 0.755. The number of aryl methyl sites for hydroxylation is 3. The number of nitrogens with one attached hydrogen (secondary N) is 1. The molecule has 0 amide bonds. The van der Waals surface area contributed by atoms with E-state index in [4.69, 9.17) is 14.7 Å². The fourth-order valence-corrected chi connectivity index (χ4v) is 4.17. The van der Waals surface area contributed by atoms with Gasteiger partial charge in [0.1, 0.15) is 11.5 Å². The van der Waals surface area contributed by atoms with Gasteiger partial charge in [0.15, 0.2) is 0 Å². The molecule has 4 heterocycles.